The van der Waals surface area contributed by atoms with Crippen molar-refractivity contribution in [1.29, 1.82) is 0 Å². The molecule has 2 aromatic rings. The molecule has 1 amide bonds. The second kappa shape index (κ2) is 5.14. The number of nitrogens with one attached hydrogen (secondary N) is 2. The third kappa shape index (κ3) is 2.55. The molecule has 0 saturated carbocycles. The number of amides is 1. The van der Waals surface area contributed by atoms with Crippen molar-refractivity contribution in [2.45, 2.75) is 26.3 Å². The quantitative estimate of drug-likeness (QED) is 0.875. The van der Waals surface area contributed by atoms with Gasteiger partial charge < -0.3 is 10.3 Å². The van der Waals surface area contributed by atoms with E-state index in [9.17, 15) is 4.79 Å². The first-order chi connectivity index (χ1) is 8.22. The fourth-order valence-electron chi connectivity index (χ4n) is 1.66. The summed E-state index contributed by atoms with van der Waals surface area (Å²) in [4.78, 5) is 20.0. The Morgan fingerprint density at radius 2 is 2.47 bits per heavy atom. The van der Waals surface area contributed by atoms with E-state index in [-0.39, 0.29) is 11.9 Å². The summed E-state index contributed by atoms with van der Waals surface area (Å²) in [6.45, 7) is 3.97. The lowest BCUT2D eigenvalue weighted by Crippen LogP contribution is -2.28. The molecule has 0 fully saturated rings. The van der Waals surface area contributed by atoms with Gasteiger partial charge in [0.25, 0.3) is 5.91 Å². The first kappa shape index (κ1) is 11.9. The highest BCUT2D eigenvalue weighted by Crippen LogP contribution is 2.18. The molecule has 17 heavy (non-hydrogen) atoms. The van der Waals surface area contributed by atoms with E-state index in [2.05, 4.69) is 15.3 Å². The number of aromatic nitrogens is 2. The minimum Gasteiger partial charge on any atom is -0.347 e. The van der Waals surface area contributed by atoms with Crippen LogP contribution in [0.15, 0.2) is 23.8 Å². The molecule has 1 unspecified atom stereocenters. The SMILES string of the molecule is CCC(NC(=O)c1sccc1C)c1ncc[nH]1. The zero-order valence-electron chi connectivity index (χ0n) is 9.86. The van der Waals surface area contributed by atoms with E-state index in [1.807, 2.05) is 25.3 Å². The van der Waals surface area contributed by atoms with Crippen LogP contribution in [-0.2, 0) is 0 Å². The fourth-order valence-corrected chi connectivity index (χ4v) is 2.49. The molecule has 0 bridgehead atoms. The minimum absolute atomic E-state index is 0.0271. The number of aromatic amines is 1. The Morgan fingerprint density at radius 1 is 1.65 bits per heavy atom. The van der Waals surface area contributed by atoms with Crippen LogP contribution in [0.1, 0.15) is 40.4 Å². The minimum atomic E-state index is -0.0565. The highest BCUT2D eigenvalue weighted by molar-refractivity contribution is 7.12. The Balaban J connectivity index is 2.10. The molecule has 4 nitrogen and oxygen atoms in total. The van der Waals surface area contributed by atoms with Crippen LogP contribution in [0.2, 0.25) is 0 Å². The first-order valence-corrected chi connectivity index (χ1v) is 6.44. The summed E-state index contributed by atoms with van der Waals surface area (Å²) >= 11 is 1.46. The highest BCUT2D eigenvalue weighted by atomic mass is 32.1. The number of carbonyl (C=O) groups excluding carboxylic acids is 1. The molecule has 0 radical (unpaired) electrons. The number of hydrogen-bond donors (Lipinski definition) is 2. The molecule has 2 heterocycles. The van der Waals surface area contributed by atoms with Crippen LogP contribution in [0.25, 0.3) is 0 Å². The molecule has 2 rings (SSSR count). The van der Waals surface area contributed by atoms with Crippen molar-refractivity contribution >= 4 is 17.2 Å². The van der Waals surface area contributed by atoms with Gasteiger partial charge in [0.2, 0.25) is 0 Å². The number of hydrogen-bond acceptors (Lipinski definition) is 3. The van der Waals surface area contributed by atoms with Crippen molar-refractivity contribution in [2.24, 2.45) is 0 Å². The summed E-state index contributed by atoms with van der Waals surface area (Å²) in [6, 6.07) is 1.90. The van der Waals surface area contributed by atoms with E-state index < -0.39 is 0 Å². The normalized spacial score (nSPS) is 12.4. The number of imidazole rings is 1. The lowest BCUT2D eigenvalue weighted by atomic mass is 10.2. The molecule has 90 valence electrons. The van der Waals surface area contributed by atoms with Gasteiger partial charge in [-0.05, 0) is 30.4 Å². The summed E-state index contributed by atoms with van der Waals surface area (Å²) in [5, 5.41) is 4.92. The molecule has 0 aliphatic rings. The van der Waals surface area contributed by atoms with Gasteiger partial charge in [0, 0.05) is 12.4 Å². The third-order valence-corrected chi connectivity index (χ3v) is 3.65. The molecular weight excluding hydrogens is 234 g/mol. The zero-order valence-corrected chi connectivity index (χ0v) is 10.7. The second-order valence-electron chi connectivity index (χ2n) is 3.84. The Labute approximate surface area is 104 Å². The smallest absolute Gasteiger partial charge is 0.262 e. The van der Waals surface area contributed by atoms with Gasteiger partial charge in [-0.3, -0.25) is 4.79 Å². The summed E-state index contributed by atoms with van der Waals surface area (Å²) in [7, 11) is 0. The van der Waals surface area contributed by atoms with Gasteiger partial charge in [-0.15, -0.1) is 11.3 Å². The van der Waals surface area contributed by atoms with Crippen LogP contribution in [-0.4, -0.2) is 15.9 Å². The Morgan fingerprint density at radius 3 is 3.00 bits per heavy atom. The van der Waals surface area contributed by atoms with E-state index in [1.165, 1.54) is 11.3 Å². The average Bonchev–Trinajstić information content (AvgIpc) is 2.96. The predicted molar refractivity (Wildman–Crippen MR) is 68.1 cm³/mol. The van der Waals surface area contributed by atoms with Crippen LogP contribution in [0.5, 0.6) is 0 Å². The van der Waals surface area contributed by atoms with Gasteiger partial charge in [-0.2, -0.15) is 0 Å². The molecule has 0 spiro atoms. The zero-order chi connectivity index (χ0) is 12.3. The summed E-state index contributed by atoms with van der Waals surface area (Å²) in [5.41, 5.74) is 1.02. The standard InChI is InChI=1S/C12H15N3OS/c1-3-9(11-13-5-6-14-11)15-12(16)10-8(2)4-7-17-10/h4-7,9H,3H2,1-2H3,(H,13,14)(H,15,16). The van der Waals surface area contributed by atoms with Gasteiger partial charge in [-0.25, -0.2) is 4.98 Å². The van der Waals surface area contributed by atoms with E-state index >= 15 is 0 Å². The van der Waals surface area contributed by atoms with E-state index in [1.54, 1.807) is 12.4 Å². The monoisotopic (exact) mass is 249 g/mol. The number of nitrogens with zero attached hydrogens (tertiary/aromatic N) is 1. The van der Waals surface area contributed by atoms with Crippen molar-refractivity contribution < 1.29 is 4.79 Å². The van der Waals surface area contributed by atoms with Crippen molar-refractivity contribution in [1.82, 2.24) is 15.3 Å². The maximum atomic E-state index is 12.0. The summed E-state index contributed by atoms with van der Waals surface area (Å²) in [6.07, 6.45) is 4.27. The molecule has 0 aliphatic carbocycles. The molecule has 5 heteroatoms. The molecule has 0 aliphatic heterocycles. The molecule has 2 N–H and O–H groups in total. The Hall–Kier alpha value is -1.62. The van der Waals surface area contributed by atoms with Crippen molar-refractivity contribution in [2.75, 3.05) is 0 Å². The van der Waals surface area contributed by atoms with E-state index in [4.69, 9.17) is 0 Å². The van der Waals surface area contributed by atoms with Gasteiger partial charge in [0.05, 0.1) is 10.9 Å². The molecule has 2 aromatic heterocycles. The fraction of sp³-hybridized carbons (Fsp3) is 0.333. The number of aryl methyl sites for hydroxylation is 1. The van der Waals surface area contributed by atoms with E-state index in [0.717, 1.165) is 22.7 Å². The summed E-state index contributed by atoms with van der Waals surface area (Å²) in [5.74, 6) is 0.774. The number of H-pyrrole nitrogens is 1. The lowest BCUT2D eigenvalue weighted by Gasteiger charge is -2.14. The van der Waals surface area contributed by atoms with Crippen LogP contribution in [0, 0.1) is 6.92 Å². The first-order valence-electron chi connectivity index (χ1n) is 5.56. The van der Waals surface area contributed by atoms with Crippen LogP contribution < -0.4 is 5.32 Å². The molecule has 1 atom stereocenters. The van der Waals surface area contributed by atoms with Gasteiger partial charge in [-0.1, -0.05) is 6.92 Å². The maximum Gasteiger partial charge on any atom is 0.262 e. The topological polar surface area (TPSA) is 57.8 Å². The lowest BCUT2D eigenvalue weighted by molar-refractivity contribution is 0.0937. The molecular formula is C12H15N3OS. The van der Waals surface area contributed by atoms with Crippen molar-refractivity contribution in [3.05, 3.63) is 40.1 Å². The average molecular weight is 249 g/mol. The Kier molecular flexibility index (Phi) is 3.58. The van der Waals surface area contributed by atoms with Gasteiger partial charge in [0.15, 0.2) is 0 Å². The van der Waals surface area contributed by atoms with E-state index in [0.29, 0.717) is 0 Å². The predicted octanol–water partition coefficient (Wildman–Crippen LogP) is 2.66. The maximum absolute atomic E-state index is 12.0. The number of carbonyl (C=O) groups is 1. The Bertz CT molecular complexity index is 490. The van der Waals surface area contributed by atoms with Gasteiger partial charge in [0.1, 0.15) is 5.82 Å². The van der Waals surface area contributed by atoms with Crippen LogP contribution in [0.3, 0.4) is 0 Å². The van der Waals surface area contributed by atoms with Crippen LogP contribution >= 0.6 is 11.3 Å². The molecule has 0 aromatic carbocycles. The van der Waals surface area contributed by atoms with Crippen LogP contribution in [0.4, 0.5) is 0 Å². The second-order valence-corrected chi connectivity index (χ2v) is 4.76. The van der Waals surface area contributed by atoms with Gasteiger partial charge >= 0.3 is 0 Å². The highest BCUT2D eigenvalue weighted by Gasteiger charge is 2.17. The van der Waals surface area contributed by atoms with Crippen molar-refractivity contribution in [3.8, 4) is 0 Å². The number of thiophene rings is 1. The third-order valence-electron chi connectivity index (χ3n) is 2.63. The van der Waals surface area contributed by atoms with Crippen molar-refractivity contribution in [3.63, 3.8) is 0 Å². The largest absolute Gasteiger partial charge is 0.347 e. The molecule has 0 saturated heterocycles. The number of rotatable bonds is 4. The summed E-state index contributed by atoms with van der Waals surface area (Å²) < 4.78 is 0.